The summed E-state index contributed by atoms with van der Waals surface area (Å²) in [5.74, 6) is -0.687. The van der Waals surface area contributed by atoms with E-state index in [-0.39, 0.29) is 29.2 Å². The molecule has 0 spiro atoms. The summed E-state index contributed by atoms with van der Waals surface area (Å²) >= 11 is 5.95. The molecule has 1 fully saturated rings. The van der Waals surface area contributed by atoms with Crippen molar-refractivity contribution in [2.45, 2.75) is 25.9 Å². The van der Waals surface area contributed by atoms with Crippen LogP contribution < -0.4 is 5.43 Å². The molecule has 0 N–H and O–H groups in total. The normalized spacial score (nSPS) is 17.9. The number of sulfone groups is 1. The minimum Gasteiger partial charge on any atom is -0.451 e. The molecule has 1 amide bonds. The number of hydrogen-bond donors (Lipinski definition) is 0. The number of nitrogens with zero attached hydrogens (tertiary/aromatic N) is 1. The van der Waals surface area contributed by atoms with E-state index in [4.69, 9.17) is 16.0 Å². The van der Waals surface area contributed by atoms with Gasteiger partial charge >= 0.3 is 0 Å². The lowest BCUT2D eigenvalue weighted by atomic mass is 10.1. The fourth-order valence-electron chi connectivity index (χ4n) is 3.69. The van der Waals surface area contributed by atoms with E-state index in [9.17, 15) is 18.0 Å². The number of rotatable bonds is 4. The Morgan fingerprint density at radius 3 is 2.57 bits per heavy atom. The second-order valence-corrected chi connectivity index (χ2v) is 10.3. The topological polar surface area (TPSA) is 84.7 Å². The highest BCUT2D eigenvalue weighted by Crippen LogP contribution is 2.24. The molecule has 156 valence electrons. The van der Waals surface area contributed by atoms with Gasteiger partial charge in [-0.3, -0.25) is 9.59 Å². The van der Waals surface area contributed by atoms with Gasteiger partial charge in [-0.05, 0) is 43.2 Å². The fraction of sp³-hybridized carbons (Fsp3) is 0.273. The maximum absolute atomic E-state index is 13.3. The zero-order chi connectivity index (χ0) is 21.5. The molecular weight excluding hydrogens is 426 g/mol. The molecule has 0 radical (unpaired) electrons. The van der Waals surface area contributed by atoms with E-state index in [0.717, 1.165) is 11.1 Å². The van der Waals surface area contributed by atoms with Gasteiger partial charge in [0.2, 0.25) is 0 Å². The molecule has 0 unspecified atom stereocenters. The molecule has 1 aliphatic heterocycles. The Bertz CT molecular complexity index is 1280. The van der Waals surface area contributed by atoms with Gasteiger partial charge in [-0.1, -0.05) is 35.4 Å². The Kier molecular flexibility index (Phi) is 5.42. The predicted molar refractivity (Wildman–Crippen MR) is 116 cm³/mol. The molecule has 0 aliphatic carbocycles. The summed E-state index contributed by atoms with van der Waals surface area (Å²) in [5, 5.41) is 0.968. The van der Waals surface area contributed by atoms with Crippen LogP contribution >= 0.6 is 11.6 Å². The van der Waals surface area contributed by atoms with Crippen molar-refractivity contribution in [2.75, 3.05) is 11.5 Å². The summed E-state index contributed by atoms with van der Waals surface area (Å²) in [6, 6.07) is 12.9. The van der Waals surface area contributed by atoms with Gasteiger partial charge in [-0.15, -0.1) is 0 Å². The molecule has 1 atom stereocenters. The van der Waals surface area contributed by atoms with Crippen LogP contribution in [0.25, 0.3) is 11.0 Å². The molecule has 1 saturated heterocycles. The van der Waals surface area contributed by atoms with Crippen LogP contribution in [0.4, 0.5) is 0 Å². The first kappa shape index (κ1) is 20.6. The maximum atomic E-state index is 13.3. The maximum Gasteiger partial charge on any atom is 0.290 e. The average Bonchev–Trinajstić information content (AvgIpc) is 3.07. The van der Waals surface area contributed by atoms with Crippen LogP contribution in [0.1, 0.15) is 28.1 Å². The molecule has 0 bridgehead atoms. The van der Waals surface area contributed by atoms with Crippen molar-refractivity contribution in [2.24, 2.45) is 0 Å². The van der Waals surface area contributed by atoms with Crippen LogP contribution in [0, 0.1) is 6.92 Å². The van der Waals surface area contributed by atoms with E-state index in [2.05, 4.69) is 0 Å². The number of carbonyl (C=O) groups excluding carboxylic acids is 1. The molecular formula is C22H20ClNO5S. The Morgan fingerprint density at radius 2 is 1.90 bits per heavy atom. The fourth-order valence-corrected chi connectivity index (χ4v) is 5.55. The van der Waals surface area contributed by atoms with E-state index < -0.39 is 21.8 Å². The monoisotopic (exact) mass is 445 g/mol. The second kappa shape index (κ2) is 7.89. The molecule has 6 nitrogen and oxygen atoms in total. The van der Waals surface area contributed by atoms with Crippen molar-refractivity contribution in [3.05, 3.63) is 80.7 Å². The number of carbonyl (C=O) groups is 1. The summed E-state index contributed by atoms with van der Waals surface area (Å²) in [7, 11) is -3.21. The number of hydrogen-bond acceptors (Lipinski definition) is 5. The number of halogens is 1. The van der Waals surface area contributed by atoms with Gasteiger partial charge in [0, 0.05) is 23.7 Å². The summed E-state index contributed by atoms with van der Waals surface area (Å²) < 4.78 is 29.8. The third kappa shape index (κ3) is 4.27. The van der Waals surface area contributed by atoms with Gasteiger partial charge in [0.15, 0.2) is 21.0 Å². The van der Waals surface area contributed by atoms with E-state index >= 15 is 0 Å². The Hall–Kier alpha value is -2.64. The van der Waals surface area contributed by atoms with Crippen molar-refractivity contribution in [1.29, 1.82) is 0 Å². The van der Waals surface area contributed by atoms with E-state index in [1.165, 1.54) is 11.0 Å². The largest absolute Gasteiger partial charge is 0.451 e. The van der Waals surface area contributed by atoms with Crippen LogP contribution in [0.15, 0.2) is 57.7 Å². The third-order valence-corrected chi connectivity index (χ3v) is 7.27. The van der Waals surface area contributed by atoms with E-state index in [0.29, 0.717) is 22.4 Å². The lowest BCUT2D eigenvalue weighted by Gasteiger charge is -2.28. The molecule has 1 aliphatic rings. The zero-order valence-electron chi connectivity index (χ0n) is 16.3. The van der Waals surface area contributed by atoms with Crippen LogP contribution in [-0.4, -0.2) is 36.8 Å². The highest BCUT2D eigenvalue weighted by atomic mass is 35.5. The van der Waals surface area contributed by atoms with Gasteiger partial charge in [0.1, 0.15) is 5.58 Å². The number of aryl methyl sites for hydroxylation is 1. The van der Waals surface area contributed by atoms with Crippen molar-refractivity contribution in [1.82, 2.24) is 4.90 Å². The van der Waals surface area contributed by atoms with Gasteiger partial charge < -0.3 is 9.32 Å². The Labute approximate surface area is 179 Å². The van der Waals surface area contributed by atoms with Crippen LogP contribution in [-0.2, 0) is 16.4 Å². The summed E-state index contributed by atoms with van der Waals surface area (Å²) in [4.78, 5) is 27.4. The smallest absolute Gasteiger partial charge is 0.290 e. The highest BCUT2D eigenvalue weighted by molar-refractivity contribution is 7.91. The minimum atomic E-state index is -3.21. The summed E-state index contributed by atoms with van der Waals surface area (Å²) in [6.45, 7) is 2.05. The summed E-state index contributed by atoms with van der Waals surface area (Å²) in [5.41, 5.74) is 1.72. The van der Waals surface area contributed by atoms with Crippen molar-refractivity contribution >= 4 is 38.3 Å². The molecule has 2 aromatic carbocycles. The average molecular weight is 446 g/mol. The van der Waals surface area contributed by atoms with Crippen LogP contribution in [0.5, 0.6) is 0 Å². The number of fused-ring (bicyclic) bond motifs is 1. The lowest BCUT2D eigenvalue weighted by molar-refractivity contribution is 0.0648. The van der Waals surface area contributed by atoms with Gasteiger partial charge in [0.25, 0.3) is 5.91 Å². The standard InChI is InChI=1S/C22H20ClNO5S/c1-14-2-7-20-18(10-14)19(25)11-21(29-20)22(26)24(17-8-9-30(27,28)13-17)12-15-3-5-16(23)6-4-15/h2-7,10-11,17H,8-9,12-13H2,1H3/t17-/m1/s1. The minimum absolute atomic E-state index is 0.0308. The third-order valence-electron chi connectivity index (χ3n) is 5.27. The summed E-state index contributed by atoms with van der Waals surface area (Å²) in [6.07, 6.45) is 0.346. The zero-order valence-corrected chi connectivity index (χ0v) is 17.9. The lowest BCUT2D eigenvalue weighted by Crippen LogP contribution is -2.40. The predicted octanol–water partition coefficient (Wildman–Crippen LogP) is 3.58. The molecule has 30 heavy (non-hydrogen) atoms. The van der Waals surface area contributed by atoms with Crippen molar-refractivity contribution < 1.29 is 17.6 Å². The van der Waals surface area contributed by atoms with Gasteiger partial charge in [0.05, 0.1) is 16.9 Å². The molecule has 0 saturated carbocycles. The number of amides is 1. The Balaban J connectivity index is 1.73. The van der Waals surface area contributed by atoms with E-state index in [1.54, 1.807) is 42.5 Å². The molecule has 2 heterocycles. The Morgan fingerprint density at radius 1 is 1.17 bits per heavy atom. The SMILES string of the molecule is Cc1ccc2oc(C(=O)N(Cc3ccc(Cl)cc3)[C@@H]3CCS(=O)(=O)C3)cc(=O)c2c1. The van der Waals surface area contributed by atoms with Gasteiger partial charge in [-0.2, -0.15) is 0 Å². The highest BCUT2D eigenvalue weighted by Gasteiger charge is 2.36. The first-order valence-corrected chi connectivity index (χ1v) is 11.7. The second-order valence-electron chi connectivity index (χ2n) is 7.59. The van der Waals surface area contributed by atoms with Gasteiger partial charge in [-0.25, -0.2) is 8.42 Å². The first-order chi connectivity index (χ1) is 14.2. The van der Waals surface area contributed by atoms with Crippen LogP contribution in [0.3, 0.4) is 0 Å². The molecule has 8 heteroatoms. The molecule has 1 aromatic heterocycles. The van der Waals surface area contributed by atoms with Crippen LogP contribution in [0.2, 0.25) is 5.02 Å². The van der Waals surface area contributed by atoms with E-state index in [1.807, 2.05) is 6.92 Å². The quantitative estimate of drug-likeness (QED) is 0.612. The van der Waals surface area contributed by atoms with Crippen molar-refractivity contribution in [3.63, 3.8) is 0 Å². The molecule has 3 aromatic rings. The number of benzene rings is 2. The van der Waals surface area contributed by atoms with Crippen molar-refractivity contribution in [3.8, 4) is 0 Å². The first-order valence-electron chi connectivity index (χ1n) is 9.52. The molecule has 4 rings (SSSR count).